The molecule has 1 amide bonds. The number of ether oxygens (including phenoxy) is 2. The van der Waals surface area contributed by atoms with Gasteiger partial charge in [-0.1, -0.05) is 56.9 Å². The van der Waals surface area contributed by atoms with E-state index in [4.69, 9.17) is 9.47 Å². The van der Waals surface area contributed by atoms with E-state index in [1.807, 2.05) is 37.3 Å². The van der Waals surface area contributed by atoms with Crippen molar-refractivity contribution in [2.24, 2.45) is 11.0 Å². The molecule has 25 heavy (non-hydrogen) atoms. The van der Waals surface area contributed by atoms with E-state index >= 15 is 0 Å². The molecule has 0 aliphatic carbocycles. The molecule has 0 spiro atoms. The van der Waals surface area contributed by atoms with Crippen LogP contribution >= 0.6 is 0 Å². The van der Waals surface area contributed by atoms with Gasteiger partial charge in [-0.2, -0.15) is 10.1 Å². The van der Waals surface area contributed by atoms with E-state index in [2.05, 4.69) is 24.7 Å². The number of hydrazone groups is 1. The second-order valence-corrected chi connectivity index (χ2v) is 12.1. The molecule has 1 aliphatic heterocycles. The first-order valence-electron chi connectivity index (χ1n) is 8.51. The Kier molecular flexibility index (Phi) is 6.00. The van der Waals surface area contributed by atoms with Crippen molar-refractivity contribution in [3.63, 3.8) is 0 Å². The molecule has 0 bridgehead atoms. The number of nitrogens with zero attached hydrogens (tertiary/aromatic N) is 2. The lowest BCUT2D eigenvalue weighted by atomic mass is 10.0. The number of carbonyl (C=O) groups is 2. The molecular weight excluding hydrogens is 336 g/mol. The van der Waals surface area contributed by atoms with Gasteiger partial charge in [0.2, 0.25) is 0 Å². The Bertz CT molecular complexity index is 655. The first kappa shape index (κ1) is 19.2. The van der Waals surface area contributed by atoms with Crippen LogP contribution in [0.25, 0.3) is 0 Å². The molecule has 1 heterocycles. The van der Waals surface area contributed by atoms with Crippen molar-refractivity contribution in [2.45, 2.75) is 46.1 Å². The van der Waals surface area contributed by atoms with Crippen LogP contribution in [0.15, 0.2) is 35.4 Å². The Morgan fingerprint density at radius 2 is 1.80 bits per heavy atom. The third-order valence-corrected chi connectivity index (χ3v) is 6.16. The van der Waals surface area contributed by atoms with E-state index < -0.39 is 26.2 Å². The summed E-state index contributed by atoms with van der Waals surface area (Å²) < 4.78 is 10.5. The minimum Gasteiger partial charge on any atom is -0.464 e. The van der Waals surface area contributed by atoms with Crippen molar-refractivity contribution in [1.82, 2.24) is 5.01 Å². The average molecular weight is 363 g/mol. The van der Waals surface area contributed by atoms with Gasteiger partial charge in [-0.3, -0.25) is 0 Å². The minimum atomic E-state index is -1.78. The molecule has 0 radical (unpaired) electrons. The summed E-state index contributed by atoms with van der Waals surface area (Å²) in [7, 11) is -1.78. The summed E-state index contributed by atoms with van der Waals surface area (Å²) in [4.78, 5) is 24.9. The number of hydrogen-bond acceptors (Lipinski definition) is 5. The van der Waals surface area contributed by atoms with Crippen LogP contribution in [-0.2, 0) is 20.9 Å². The van der Waals surface area contributed by atoms with Crippen LogP contribution in [0.3, 0.4) is 0 Å². The van der Waals surface area contributed by atoms with E-state index in [0.29, 0.717) is 0 Å². The predicted octanol–water partition coefficient (Wildman–Crippen LogP) is 3.44. The maximum atomic E-state index is 12.6. The Morgan fingerprint density at radius 3 is 2.36 bits per heavy atom. The highest BCUT2D eigenvalue weighted by molar-refractivity contribution is 7.04. The van der Waals surface area contributed by atoms with Gasteiger partial charge in [0, 0.05) is 11.3 Å². The summed E-state index contributed by atoms with van der Waals surface area (Å²) in [6.45, 7) is 10.5. The average Bonchev–Trinajstić information content (AvgIpc) is 2.91. The molecule has 6 nitrogen and oxygen atoms in total. The summed E-state index contributed by atoms with van der Waals surface area (Å²) in [5.74, 6) is -0.612. The predicted molar refractivity (Wildman–Crippen MR) is 98.8 cm³/mol. The quantitative estimate of drug-likeness (QED) is 0.594. The van der Waals surface area contributed by atoms with Gasteiger partial charge in [0.1, 0.15) is 6.61 Å². The van der Waals surface area contributed by atoms with Gasteiger partial charge >= 0.3 is 12.1 Å². The topological polar surface area (TPSA) is 68.2 Å². The van der Waals surface area contributed by atoms with E-state index in [0.717, 1.165) is 10.9 Å². The Morgan fingerprint density at radius 1 is 1.16 bits per heavy atom. The summed E-state index contributed by atoms with van der Waals surface area (Å²) >= 11 is 0. The Balaban J connectivity index is 2.19. The molecule has 0 saturated heterocycles. The summed E-state index contributed by atoms with van der Waals surface area (Å²) in [5, 5.41) is 6.56. The fourth-order valence-corrected chi connectivity index (χ4v) is 4.87. The SMILES string of the molecule is CCOC(=O)[C@@H]1[C@@H](C)C([Si](C)(C)C)=NN1C(=O)OCc1ccccc1. The molecule has 0 N–H and O–H groups in total. The number of hydrogen-bond donors (Lipinski definition) is 0. The second kappa shape index (κ2) is 7.82. The van der Waals surface area contributed by atoms with Gasteiger partial charge in [0.05, 0.1) is 14.7 Å². The molecular formula is C18H26N2O4Si. The van der Waals surface area contributed by atoms with Crippen molar-refractivity contribution >= 4 is 25.5 Å². The van der Waals surface area contributed by atoms with Gasteiger partial charge in [0.15, 0.2) is 6.04 Å². The molecule has 2 rings (SSSR count). The van der Waals surface area contributed by atoms with Gasteiger partial charge in [-0.15, -0.1) is 0 Å². The molecule has 1 aliphatic rings. The highest BCUT2D eigenvalue weighted by atomic mass is 28.3. The number of carbonyl (C=O) groups excluding carboxylic acids is 2. The molecule has 0 unspecified atom stereocenters. The highest BCUT2D eigenvalue weighted by Crippen LogP contribution is 2.29. The molecule has 2 atom stereocenters. The summed E-state index contributed by atoms with van der Waals surface area (Å²) in [5.41, 5.74) is 0.880. The number of esters is 1. The van der Waals surface area contributed by atoms with Crippen LogP contribution < -0.4 is 0 Å². The third-order valence-electron chi connectivity index (χ3n) is 4.07. The summed E-state index contributed by atoms with van der Waals surface area (Å²) in [6.07, 6.45) is -0.623. The van der Waals surface area contributed by atoms with Crippen molar-refractivity contribution in [2.75, 3.05) is 6.61 Å². The number of benzene rings is 1. The standard InChI is InChI=1S/C18H26N2O4Si/c1-6-23-17(21)15-13(2)16(25(3,4)5)19-20(15)18(22)24-12-14-10-8-7-9-11-14/h7-11,13,15H,6,12H2,1-5H3/t13-,15+/m1/s1. The van der Waals surface area contributed by atoms with Crippen LogP contribution in [0.2, 0.25) is 19.6 Å². The first-order valence-corrected chi connectivity index (χ1v) is 12.0. The lowest BCUT2D eigenvalue weighted by Crippen LogP contribution is -2.46. The lowest BCUT2D eigenvalue weighted by molar-refractivity contribution is -0.149. The maximum absolute atomic E-state index is 12.6. The van der Waals surface area contributed by atoms with Crippen molar-refractivity contribution in [3.8, 4) is 0 Å². The van der Waals surface area contributed by atoms with Gasteiger partial charge in [-0.05, 0) is 12.5 Å². The van der Waals surface area contributed by atoms with Crippen molar-refractivity contribution in [1.29, 1.82) is 0 Å². The van der Waals surface area contributed by atoms with Crippen molar-refractivity contribution in [3.05, 3.63) is 35.9 Å². The van der Waals surface area contributed by atoms with E-state index in [-0.39, 0.29) is 19.1 Å². The van der Waals surface area contributed by atoms with Gasteiger partial charge < -0.3 is 9.47 Å². The first-order chi connectivity index (χ1) is 11.8. The molecule has 0 fully saturated rings. The van der Waals surface area contributed by atoms with E-state index in [9.17, 15) is 9.59 Å². The molecule has 0 saturated carbocycles. The van der Waals surface area contributed by atoms with Crippen molar-refractivity contribution < 1.29 is 19.1 Å². The fraction of sp³-hybridized carbons (Fsp3) is 0.500. The number of rotatable bonds is 5. The summed E-state index contributed by atoms with van der Waals surface area (Å²) in [6, 6.07) is 8.65. The molecule has 1 aromatic rings. The van der Waals surface area contributed by atoms with E-state index in [1.54, 1.807) is 6.92 Å². The molecule has 0 aromatic heterocycles. The van der Waals surface area contributed by atoms with E-state index in [1.165, 1.54) is 5.01 Å². The zero-order valence-electron chi connectivity index (χ0n) is 15.5. The molecule has 1 aromatic carbocycles. The van der Waals surface area contributed by atoms with Crippen LogP contribution in [0.4, 0.5) is 4.79 Å². The minimum absolute atomic E-state index is 0.137. The zero-order chi connectivity index (χ0) is 18.6. The monoisotopic (exact) mass is 362 g/mol. The largest absolute Gasteiger partial charge is 0.464 e. The zero-order valence-corrected chi connectivity index (χ0v) is 16.5. The smallest absolute Gasteiger partial charge is 0.431 e. The normalized spacial score (nSPS) is 20.2. The van der Waals surface area contributed by atoms with Crippen LogP contribution in [0.1, 0.15) is 19.4 Å². The van der Waals surface area contributed by atoms with Crippen LogP contribution in [0.5, 0.6) is 0 Å². The Hall–Kier alpha value is -2.15. The van der Waals surface area contributed by atoms with Crippen LogP contribution in [-0.4, -0.2) is 43.1 Å². The molecule has 136 valence electrons. The van der Waals surface area contributed by atoms with Gasteiger partial charge in [-0.25, -0.2) is 9.59 Å². The second-order valence-electron chi connectivity index (χ2n) is 7.11. The molecule has 7 heteroatoms. The maximum Gasteiger partial charge on any atom is 0.431 e. The fourth-order valence-electron chi connectivity index (χ4n) is 2.94. The van der Waals surface area contributed by atoms with Crippen LogP contribution in [0, 0.1) is 5.92 Å². The Labute approximate surface area is 149 Å². The van der Waals surface area contributed by atoms with Gasteiger partial charge in [0.25, 0.3) is 0 Å². The number of amides is 1. The highest BCUT2D eigenvalue weighted by Gasteiger charge is 2.47. The third kappa shape index (κ3) is 4.48. The lowest BCUT2D eigenvalue weighted by Gasteiger charge is -2.24.